The van der Waals surface area contributed by atoms with Crippen LogP contribution >= 0.6 is 15.9 Å². The molecule has 0 aliphatic rings. The van der Waals surface area contributed by atoms with Crippen molar-refractivity contribution in [3.63, 3.8) is 0 Å². The number of ether oxygens (including phenoxy) is 1. The summed E-state index contributed by atoms with van der Waals surface area (Å²) in [5, 5.41) is 14.8. The Labute approximate surface area is 126 Å². The van der Waals surface area contributed by atoms with Crippen LogP contribution in [0.1, 0.15) is 30.1 Å². The summed E-state index contributed by atoms with van der Waals surface area (Å²) in [5.74, 6) is 0.501. The third kappa shape index (κ3) is 3.02. The first kappa shape index (κ1) is 15.0. The molecule has 1 N–H and O–H groups in total. The second kappa shape index (κ2) is 6.37. The minimum atomic E-state index is -0.692. The zero-order chi connectivity index (χ0) is 14.7. The number of nitrogens with zero attached hydrogens (tertiary/aromatic N) is 3. The smallest absolute Gasteiger partial charge is 0.213 e. The van der Waals surface area contributed by atoms with Crippen LogP contribution in [-0.2, 0) is 13.0 Å². The average Bonchev–Trinajstić information content (AvgIpc) is 2.75. The van der Waals surface area contributed by atoms with E-state index in [0.29, 0.717) is 18.0 Å². The molecule has 20 heavy (non-hydrogen) atoms. The Balaban J connectivity index is 2.25. The Hall–Kier alpha value is -1.40. The van der Waals surface area contributed by atoms with E-state index in [1.165, 1.54) is 0 Å². The lowest BCUT2D eigenvalue weighted by Gasteiger charge is -2.12. The summed E-state index contributed by atoms with van der Waals surface area (Å²) < 4.78 is 7.92. The molecule has 0 radical (unpaired) electrons. The molecule has 2 rings (SSSR count). The lowest BCUT2D eigenvalue weighted by Crippen LogP contribution is -2.10. The summed E-state index contributed by atoms with van der Waals surface area (Å²) in [6.45, 7) is 4.73. The number of halogens is 1. The fourth-order valence-corrected chi connectivity index (χ4v) is 2.53. The van der Waals surface area contributed by atoms with Crippen LogP contribution in [0.15, 0.2) is 22.7 Å². The van der Waals surface area contributed by atoms with Crippen molar-refractivity contribution < 1.29 is 9.84 Å². The fourth-order valence-electron chi connectivity index (χ4n) is 2.08. The number of aromatic nitrogens is 3. The van der Waals surface area contributed by atoms with E-state index in [-0.39, 0.29) is 0 Å². The molecule has 0 saturated heterocycles. The van der Waals surface area contributed by atoms with Crippen molar-refractivity contribution in [3.8, 4) is 5.88 Å². The van der Waals surface area contributed by atoms with Gasteiger partial charge in [-0.25, -0.2) is 4.98 Å². The maximum atomic E-state index is 10.4. The molecule has 0 saturated carbocycles. The van der Waals surface area contributed by atoms with E-state index in [9.17, 15) is 5.11 Å². The first-order valence-corrected chi connectivity index (χ1v) is 7.26. The van der Waals surface area contributed by atoms with Crippen molar-refractivity contribution in [2.45, 2.75) is 32.9 Å². The summed E-state index contributed by atoms with van der Waals surface area (Å²) in [4.78, 5) is 4.26. The zero-order valence-corrected chi connectivity index (χ0v) is 13.4. The monoisotopic (exact) mass is 339 g/mol. The fraction of sp³-hybridized carbons (Fsp3) is 0.429. The van der Waals surface area contributed by atoms with Gasteiger partial charge in [-0.2, -0.15) is 5.10 Å². The van der Waals surface area contributed by atoms with E-state index in [1.54, 1.807) is 19.2 Å². The molecule has 0 spiro atoms. The lowest BCUT2D eigenvalue weighted by molar-refractivity contribution is 0.169. The number of aliphatic hydroxyl groups excluding tert-OH is 1. The molecule has 0 fully saturated rings. The van der Waals surface area contributed by atoms with E-state index in [2.05, 4.69) is 26.0 Å². The van der Waals surface area contributed by atoms with E-state index in [4.69, 9.17) is 4.74 Å². The van der Waals surface area contributed by atoms with Gasteiger partial charge in [0.05, 0.1) is 28.7 Å². The van der Waals surface area contributed by atoms with E-state index < -0.39 is 6.10 Å². The minimum absolute atomic E-state index is 0.454. The molecule has 1 unspecified atom stereocenters. The second-order valence-electron chi connectivity index (χ2n) is 4.49. The van der Waals surface area contributed by atoms with Crippen molar-refractivity contribution in [3.05, 3.63) is 39.8 Å². The van der Waals surface area contributed by atoms with Crippen LogP contribution in [0, 0.1) is 6.92 Å². The highest BCUT2D eigenvalue weighted by atomic mass is 79.9. The van der Waals surface area contributed by atoms with Gasteiger partial charge in [0.25, 0.3) is 0 Å². The van der Waals surface area contributed by atoms with Crippen molar-refractivity contribution >= 4 is 15.9 Å². The second-order valence-corrected chi connectivity index (χ2v) is 5.28. The number of aryl methyl sites for hydroxylation is 2. The number of hydrogen-bond donors (Lipinski definition) is 1. The predicted molar refractivity (Wildman–Crippen MR) is 79.8 cm³/mol. The zero-order valence-electron chi connectivity index (χ0n) is 11.8. The molecule has 6 heteroatoms. The van der Waals surface area contributed by atoms with Gasteiger partial charge in [-0.1, -0.05) is 6.07 Å². The maximum Gasteiger partial charge on any atom is 0.213 e. The number of aliphatic hydroxyl groups is 1. The Bertz CT molecular complexity index is 598. The summed E-state index contributed by atoms with van der Waals surface area (Å²) in [6, 6.07) is 5.37. The molecule has 1 atom stereocenters. The van der Waals surface area contributed by atoms with Crippen LogP contribution in [0.5, 0.6) is 5.88 Å². The summed E-state index contributed by atoms with van der Waals surface area (Å²) in [6.07, 6.45) is -0.238. The molecule has 2 aromatic rings. The third-order valence-corrected chi connectivity index (χ3v) is 4.17. The Morgan fingerprint density at radius 1 is 1.45 bits per heavy atom. The van der Waals surface area contributed by atoms with E-state index in [1.807, 2.05) is 24.6 Å². The predicted octanol–water partition coefficient (Wildman–Crippen LogP) is 2.65. The van der Waals surface area contributed by atoms with Crippen LogP contribution in [0.25, 0.3) is 0 Å². The summed E-state index contributed by atoms with van der Waals surface area (Å²) >= 11 is 3.53. The Kier molecular flexibility index (Phi) is 4.77. The van der Waals surface area contributed by atoms with Crippen molar-refractivity contribution in [2.75, 3.05) is 7.11 Å². The standard InChI is InChI=1S/C14H18BrN3O2/c1-4-18-11(14(15)9(2)17-18)8-12(19)10-6-5-7-13(16-10)20-3/h5-7,12,19H,4,8H2,1-3H3. The van der Waals surface area contributed by atoms with Crippen LogP contribution in [-0.4, -0.2) is 27.0 Å². The van der Waals surface area contributed by atoms with Gasteiger partial charge in [0.1, 0.15) is 6.10 Å². The topological polar surface area (TPSA) is 60.2 Å². The lowest BCUT2D eigenvalue weighted by atomic mass is 10.1. The van der Waals surface area contributed by atoms with Gasteiger partial charge in [-0.3, -0.25) is 4.68 Å². The van der Waals surface area contributed by atoms with Crippen molar-refractivity contribution in [2.24, 2.45) is 0 Å². The van der Waals surface area contributed by atoms with Gasteiger partial charge in [0, 0.05) is 19.0 Å². The van der Waals surface area contributed by atoms with Gasteiger partial charge in [-0.15, -0.1) is 0 Å². The third-order valence-electron chi connectivity index (χ3n) is 3.14. The van der Waals surface area contributed by atoms with Crippen molar-refractivity contribution in [1.82, 2.24) is 14.8 Å². The number of pyridine rings is 1. The molecule has 2 aromatic heterocycles. The maximum absolute atomic E-state index is 10.4. The number of methoxy groups -OCH3 is 1. The molecule has 2 heterocycles. The molecule has 0 aliphatic carbocycles. The summed E-state index contributed by atoms with van der Waals surface area (Å²) in [5.41, 5.74) is 2.49. The highest BCUT2D eigenvalue weighted by Crippen LogP contribution is 2.26. The number of hydrogen-bond acceptors (Lipinski definition) is 4. The van der Waals surface area contributed by atoms with Gasteiger partial charge in [0.2, 0.25) is 5.88 Å². The molecule has 108 valence electrons. The minimum Gasteiger partial charge on any atom is -0.481 e. The first-order chi connectivity index (χ1) is 9.56. The van der Waals surface area contributed by atoms with Gasteiger partial charge in [0.15, 0.2) is 0 Å². The Morgan fingerprint density at radius 2 is 2.20 bits per heavy atom. The highest BCUT2D eigenvalue weighted by molar-refractivity contribution is 9.10. The molecule has 5 nitrogen and oxygen atoms in total. The molecule has 0 bridgehead atoms. The van der Waals surface area contributed by atoms with Gasteiger partial charge >= 0.3 is 0 Å². The van der Waals surface area contributed by atoms with Gasteiger partial charge in [-0.05, 0) is 35.8 Å². The van der Waals surface area contributed by atoms with Crippen molar-refractivity contribution in [1.29, 1.82) is 0 Å². The van der Waals surface area contributed by atoms with Crippen LogP contribution in [0.4, 0.5) is 0 Å². The SMILES string of the molecule is CCn1nc(C)c(Br)c1CC(O)c1cccc(OC)n1. The molecular weight excluding hydrogens is 322 g/mol. The summed E-state index contributed by atoms with van der Waals surface area (Å²) in [7, 11) is 1.56. The van der Waals surface area contributed by atoms with Gasteiger partial charge < -0.3 is 9.84 Å². The van der Waals surface area contributed by atoms with Crippen LogP contribution in [0.3, 0.4) is 0 Å². The molecule has 0 aliphatic heterocycles. The average molecular weight is 340 g/mol. The van der Waals surface area contributed by atoms with E-state index in [0.717, 1.165) is 22.4 Å². The highest BCUT2D eigenvalue weighted by Gasteiger charge is 2.18. The Morgan fingerprint density at radius 3 is 2.85 bits per heavy atom. The number of rotatable bonds is 5. The first-order valence-electron chi connectivity index (χ1n) is 6.47. The quantitative estimate of drug-likeness (QED) is 0.909. The normalized spacial score (nSPS) is 12.4. The largest absolute Gasteiger partial charge is 0.481 e. The molecule has 0 amide bonds. The van der Waals surface area contributed by atoms with Crippen LogP contribution in [0.2, 0.25) is 0 Å². The molecular formula is C14H18BrN3O2. The van der Waals surface area contributed by atoms with E-state index >= 15 is 0 Å². The molecule has 0 aromatic carbocycles. The van der Waals surface area contributed by atoms with Crippen LogP contribution < -0.4 is 4.74 Å².